The Bertz CT molecular complexity index is 1630. The molecule has 0 spiro atoms. The summed E-state index contributed by atoms with van der Waals surface area (Å²) in [6, 6.07) is 3.68. The summed E-state index contributed by atoms with van der Waals surface area (Å²) in [6.07, 6.45) is 5.93. The monoisotopic (exact) mass is 664 g/mol. The fourth-order valence-corrected chi connectivity index (χ4v) is 7.12. The molecule has 1 aliphatic heterocycles. The number of carbonyl (C=O) groups is 1. The highest BCUT2D eigenvalue weighted by Crippen LogP contribution is 2.66. The number of amides is 1. The number of aliphatic hydroxyl groups excluding tert-OH is 1. The molecule has 22 heteroatoms. The molecule has 1 saturated heterocycles. The molecule has 1 amide bonds. The second-order valence-electron chi connectivity index (χ2n) is 9.00. The van der Waals surface area contributed by atoms with Crippen LogP contribution < -0.4 is 11.1 Å². The largest absolute Gasteiger partial charge is 0.490 e. The van der Waals surface area contributed by atoms with Crippen LogP contribution >= 0.6 is 23.5 Å². The zero-order chi connectivity index (χ0) is 31.4. The van der Waals surface area contributed by atoms with Gasteiger partial charge in [0.15, 0.2) is 0 Å². The van der Waals surface area contributed by atoms with Crippen molar-refractivity contribution in [2.24, 2.45) is 0 Å². The van der Waals surface area contributed by atoms with Crippen LogP contribution in [0.1, 0.15) is 23.8 Å². The van der Waals surface area contributed by atoms with Crippen LogP contribution in [0, 0.1) is 0 Å². The standard InChI is InChI=1S/C21H27N6O13P3/c22-20-19-14(1-2-17(29)24-8-5-13-3-6-23-7-4-13)10-27(21(19)26-12-25-20)18-9-15(28)16(38-18)11-37-42(33,34)40-43(35,36)39-41(30,31)32/h1-4,6-7,10,12,15-16,18,28H,5,8-9,11H2,(H,24,29)(H,33,34)(H,35,36)(H2,22,25,26)(H2,30,31,32)/t15?,16-,18-/m1/s1. The minimum absolute atomic E-state index is 0.0727. The third kappa shape index (κ3) is 9.30. The number of aliphatic hydroxyl groups is 1. The summed E-state index contributed by atoms with van der Waals surface area (Å²) in [6.45, 7) is -0.458. The number of pyridine rings is 1. The molecule has 1 fully saturated rings. The highest BCUT2D eigenvalue weighted by Gasteiger charge is 2.43. The molecule has 3 unspecified atom stereocenters. The van der Waals surface area contributed by atoms with Crippen LogP contribution in [0.25, 0.3) is 17.1 Å². The van der Waals surface area contributed by atoms with Crippen molar-refractivity contribution in [3.8, 4) is 0 Å². The summed E-state index contributed by atoms with van der Waals surface area (Å²) in [5, 5.41) is 13.6. The lowest BCUT2D eigenvalue weighted by molar-refractivity contribution is -0.116. The van der Waals surface area contributed by atoms with Gasteiger partial charge in [0.25, 0.3) is 0 Å². The van der Waals surface area contributed by atoms with Crippen LogP contribution in [0.5, 0.6) is 0 Å². The molecule has 43 heavy (non-hydrogen) atoms. The van der Waals surface area contributed by atoms with Gasteiger partial charge in [0, 0.05) is 43.2 Å². The van der Waals surface area contributed by atoms with Gasteiger partial charge in [-0.15, -0.1) is 0 Å². The smallest absolute Gasteiger partial charge is 0.390 e. The van der Waals surface area contributed by atoms with Crippen LogP contribution in [0.3, 0.4) is 0 Å². The zero-order valence-corrected chi connectivity index (χ0v) is 24.6. The van der Waals surface area contributed by atoms with Gasteiger partial charge in [-0.3, -0.25) is 14.3 Å². The van der Waals surface area contributed by atoms with E-state index in [1.165, 1.54) is 23.0 Å². The van der Waals surface area contributed by atoms with E-state index < -0.39 is 48.5 Å². The summed E-state index contributed by atoms with van der Waals surface area (Å²) in [4.78, 5) is 60.8. The van der Waals surface area contributed by atoms with E-state index in [0.717, 1.165) is 5.56 Å². The van der Waals surface area contributed by atoms with E-state index >= 15 is 0 Å². The lowest BCUT2D eigenvalue weighted by Gasteiger charge is -2.19. The first-order chi connectivity index (χ1) is 20.1. The Morgan fingerprint density at radius 2 is 1.86 bits per heavy atom. The zero-order valence-electron chi connectivity index (χ0n) is 21.9. The summed E-state index contributed by atoms with van der Waals surface area (Å²) < 4.78 is 53.5. The van der Waals surface area contributed by atoms with Gasteiger partial charge in [-0.05, 0) is 30.2 Å². The van der Waals surface area contributed by atoms with Crippen LogP contribution in [0.2, 0.25) is 0 Å². The first-order valence-electron chi connectivity index (χ1n) is 12.2. The Labute approximate surface area is 242 Å². The number of aromatic nitrogens is 4. The highest BCUT2D eigenvalue weighted by molar-refractivity contribution is 7.66. The molecule has 0 saturated carbocycles. The number of nitrogens with one attached hydrogen (secondary N) is 1. The quantitative estimate of drug-likeness (QED) is 0.0981. The summed E-state index contributed by atoms with van der Waals surface area (Å²) in [7, 11) is -16.7. The number of nitrogens with two attached hydrogens (primary N) is 1. The van der Waals surface area contributed by atoms with Crippen molar-refractivity contribution in [2.45, 2.75) is 31.3 Å². The molecule has 0 aromatic carbocycles. The van der Waals surface area contributed by atoms with Crippen molar-refractivity contribution in [3.05, 3.63) is 54.3 Å². The Balaban J connectivity index is 1.42. The van der Waals surface area contributed by atoms with Gasteiger partial charge in [-0.25, -0.2) is 23.7 Å². The van der Waals surface area contributed by atoms with Gasteiger partial charge in [0.2, 0.25) is 5.91 Å². The number of nitrogens with zero attached hydrogens (tertiary/aromatic N) is 4. The van der Waals surface area contributed by atoms with Crippen molar-refractivity contribution in [1.82, 2.24) is 24.8 Å². The SMILES string of the molecule is Nc1ncnc2c1c(C=CC(=O)NCCc1ccncc1)cn2[C@H]1CC(O)[C@@H](COP(=O)(O)OP(=O)(O)OP(=O)(O)O)O1. The Morgan fingerprint density at radius 3 is 2.56 bits per heavy atom. The number of phosphoric acid groups is 3. The van der Waals surface area contributed by atoms with E-state index in [-0.39, 0.29) is 23.8 Å². The van der Waals surface area contributed by atoms with Crippen LogP contribution in [0.15, 0.2) is 43.1 Å². The topological polar surface area (TPSA) is 288 Å². The number of hydrogen-bond donors (Lipinski definition) is 7. The van der Waals surface area contributed by atoms with E-state index in [0.29, 0.717) is 23.9 Å². The maximum absolute atomic E-state index is 12.4. The second-order valence-corrected chi connectivity index (χ2v) is 13.4. The van der Waals surface area contributed by atoms with E-state index in [2.05, 4.69) is 33.4 Å². The van der Waals surface area contributed by atoms with Gasteiger partial charge >= 0.3 is 23.5 Å². The van der Waals surface area contributed by atoms with E-state index in [1.807, 2.05) is 12.1 Å². The molecule has 4 rings (SSSR count). The Kier molecular flexibility index (Phi) is 10.3. The minimum Gasteiger partial charge on any atom is -0.390 e. The molecule has 0 bridgehead atoms. The van der Waals surface area contributed by atoms with Gasteiger partial charge in [-0.1, -0.05) is 0 Å². The van der Waals surface area contributed by atoms with Gasteiger partial charge in [0.1, 0.15) is 30.1 Å². The number of ether oxygens (including phenoxy) is 1. The first-order valence-corrected chi connectivity index (χ1v) is 16.7. The van der Waals surface area contributed by atoms with Gasteiger partial charge in [0.05, 0.1) is 18.1 Å². The van der Waals surface area contributed by atoms with Gasteiger partial charge < -0.3 is 45.0 Å². The fourth-order valence-electron chi connectivity index (χ4n) is 4.09. The molecule has 4 heterocycles. The van der Waals surface area contributed by atoms with Gasteiger partial charge in [-0.2, -0.15) is 8.62 Å². The van der Waals surface area contributed by atoms with Crippen molar-refractivity contribution in [2.75, 3.05) is 18.9 Å². The molecule has 19 nitrogen and oxygen atoms in total. The lowest BCUT2D eigenvalue weighted by atomic mass is 10.2. The molecule has 8 N–H and O–H groups in total. The number of nitrogen functional groups attached to an aromatic ring is 1. The number of phosphoric ester groups is 1. The lowest BCUT2D eigenvalue weighted by Crippen LogP contribution is -2.26. The van der Waals surface area contributed by atoms with E-state index in [4.69, 9.17) is 20.3 Å². The maximum Gasteiger partial charge on any atom is 0.490 e. The molecule has 3 aromatic rings. The third-order valence-electron chi connectivity index (χ3n) is 5.88. The average Bonchev–Trinajstić information content (AvgIpc) is 3.45. The van der Waals surface area contributed by atoms with Crippen molar-refractivity contribution in [1.29, 1.82) is 0 Å². The van der Waals surface area contributed by atoms with Crippen LogP contribution in [-0.4, -0.2) is 75.5 Å². The van der Waals surface area contributed by atoms with Crippen molar-refractivity contribution >= 4 is 52.3 Å². The summed E-state index contributed by atoms with van der Waals surface area (Å²) >= 11 is 0. The number of anilines is 1. The summed E-state index contributed by atoms with van der Waals surface area (Å²) in [5.41, 5.74) is 7.81. The number of hydrogen-bond acceptors (Lipinski definition) is 13. The Hall–Kier alpha value is -2.89. The molecule has 1 aliphatic rings. The molecular weight excluding hydrogens is 637 g/mol. The van der Waals surface area contributed by atoms with Crippen molar-refractivity contribution in [3.63, 3.8) is 0 Å². The number of fused-ring (bicyclic) bond motifs is 1. The fraction of sp³-hybridized carbons (Fsp3) is 0.333. The molecule has 0 aliphatic carbocycles. The number of rotatable bonds is 13. The number of carbonyl (C=O) groups excluding carboxylic acids is 1. The molecule has 3 aromatic heterocycles. The average molecular weight is 664 g/mol. The molecule has 0 radical (unpaired) electrons. The molecule has 234 valence electrons. The molecule has 5 atom stereocenters. The van der Waals surface area contributed by atoms with Crippen molar-refractivity contribution < 1.29 is 61.1 Å². The Morgan fingerprint density at radius 1 is 1.14 bits per heavy atom. The first kappa shape index (κ1) is 33.0. The van der Waals surface area contributed by atoms with E-state index in [9.17, 15) is 33.4 Å². The second kappa shape index (κ2) is 13.4. The third-order valence-corrected chi connectivity index (χ3v) is 9.68. The normalized spacial score (nSPS) is 22.0. The molecular formula is C21H27N6O13P3. The highest BCUT2D eigenvalue weighted by atomic mass is 31.3. The minimum atomic E-state index is -5.71. The predicted octanol–water partition coefficient (Wildman–Crippen LogP) is 0.772. The van der Waals surface area contributed by atoms with Crippen LogP contribution in [0.4, 0.5) is 5.82 Å². The summed E-state index contributed by atoms with van der Waals surface area (Å²) in [5.74, 6) is -0.270. The maximum atomic E-state index is 12.4. The van der Waals surface area contributed by atoms with Crippen LogP contribution in [-0.2, 0) is 42.8 Å². The van der Waals surface area contributed by atoms with E-state index in [1.54, 1.807) is 18.6 Å². The predicted molar refractivity (Wildman–Crippen MR) is 146 cm³/mol.